The Balaban J connectivity index is 0.00000297. The topological polar surface area (TPSA) is 144 Å². The number of amides is 1. The van der Waals surface area contributed by atoms with E-state index in [4.69, 9.17) is 0 Å². The minimum absolute atomic E-state index is 0.122. The van der Waals surface area contributed by atoms with E-state index in [1.54, 1.807) is 66.7 Å². The summed E-state index contributed by atoms with van der Waals surface area (Å²) in [4.78, 5) is 58.5. The Morgan fingerprint density at radius 1 is 0.596 bits per heavy atom. The summed E-state index contributed by atoms with van der Waals surface area (Å²) in [5, 5.41) is 12.8. The molecule has 3 aromatic carbocycles. The number of nitrogens with one attached hydrogen (secondary N) is 4. The predicted octanol–water partition coefficient (Wildman–Crippen LogP) is 6.96. The number of fused-ring (bicyclic) bond motifs is 2. The molecule has 0 atom stereocenters. The van der Waals surface area contributed by atoms with Crippen LogP contribution in [0.2, 0.25) is 0 Å². The average Bonchev–Trinajstić information content (AvgIpc) is 3.18. The van der Waals surface area contributed by atoms with Crippen LogP contribution in [0.1, 0.15) is 96.6 Å². The van der Waals surface area contributed by atoms with Gasteiger partial charge >= 0.3 is 0 Å². The number of anilines is 5. The Hall–Kier alpha value is -5.20. The van der Waals surface area contributed by atoms with E-state index in [0.717, 1.165) is 65.2 Å². The van der Waals surface area contributed by atoms with Gasteiger partial charge in [0.15, 0.2) is 11.6 Å². The second kappa shape index (κ2) is 20.0. The van der Waals surface area contributed by atoms with Crippen LogP contribution in [0, 0.1) is 0 Å². The molecule has 1 heterocycles. The minimum atomic E-state index is -0.478. The van der Waals surface area contributed by atoms with Crippen LogP contribution in [0.15, 0.2) is 66.7 Å². The molecule has 4 aromatic rings. The fraction of sp³-hybridized carbons (Fsp3) is 0.400. The van der Waals surface area contributed by atoms with Gasteiger partial charge < -0.3 is 31.1 Å². The molecule has 0 saturated heterocycles. The molecule has 0 bridgehead atoms. The van der Waals surface area contributed by atoms with E-state index in [1.165, 1.54) is 0 Å². The molecule has 1 aliphatic rings. The third-order valence-electron chi connectivity index (χ3n) is 8.89. The van der Waals surface area contributed by atoms with Crippen LogP contribution >= 0.6 is 0 Å². The largest absolute Gasteiger partial charge is 0.354 e. The summed E-state index contributed by atoms with van der Waals surface area (Å²) in [5.74, 6) is 0.267. The van der Waals surface area contributed by atoms with Crippen molar-refractivity contribution in [2.45, 2.75) is 54.4 Å². The van der Waals surface area contributed by atoms with E-state index in [1.807, 2.05) is 13.8 Å². The zero-order valence-electron chi connectivity index (χ0n) is 31.4. The van der Waals surface area contributed by atoms with Crippen LogP contribution in [0.25, 0.3) is 0 Å². The standard InChI is InChI=1S/C38H47N9O3.C2H6/c1-5-46(6-2)24-12-22-39-36-43-37(40-23-13-25-47(7-3)8-4)45-38(44-36)42-27-20-18-26(19-21-27)41-35(50)31-17-11-16-30-32(31)34(49)29-15-10-9-14-28(29)33(30)48;1-2/h9-11,14-21H,5-8,12-13,22-25H2,1-4H3,(H,41,50)(H3,39,40,42,43,44,45);1-2H3. The van der Waals surface area contributed by atoms with E-state index in [9.17, 15) is 14.4 Å². The molecular formula is C40H53N9O3. The van der Waals surface area contributed by atoms with E-state index in [2.05, 4.69) is 73.7 Å². The number of hydrogen-bond donors (Lipinski definition) is 4. The van der Waals surface area contributed by atoms with Gasteiger partial charge in [0, 0.05) is 46.7 Å². The normalized spacial score (nSPS) is 11.8. The molecule has 1 aromatic heterocycles. The summed E-state index contributed by atoms with van der Waals surface area (Å²) in [7, 11) is 0. The average molecular weight is 708 g/mol. The molecule has 1 aliphatic carbocycles. The smallest absolute Gasteiger partial charge is 0.256 e. The number of carbonyl (C=O) groups is 3. The van der Waals surface area contributed by atoms with Gasteiger partial charge in [0.25, 0.3) is 5.91 Å². The van der Waals surface area contributed by atoms with E-state index < -0.39 is 5.91 Å². The fourth-order valence-electron chi connectivity index (χ4n) is 5.97. The second-order valence-electron chi connectivity index (χ2n) is 12.0. The minimum Gasteiger partial charge on any atom is -0.354 e. The van der Waals surface area contributed by atoms with Gasteiger partial charge in [-0.1, -0.05) is 77.9 Å². The highest BCUT2D eigenvalue weighted by Gasteiger charge is 2.32. The molecule has 0 saturated carbocycles. The van der Waals surface area contributed by atoms with Gasteiger partial charge in [0.05, 0.1) is 5.56 Å². The summed E-state index contributed by atoms with van der Waals surface area (Å²) in [6, 6.07) is 18.6. The molecule has 4 N–H and O–H groups in total. The molecule has 12 heteroatoms. The lowest BCUT2D eigenvalue weighted by Gasteiger charge is -2.19. The SMILES string of the molecule is CC.CCN(CC)CCCNc1nc(NCCCN(CC)CC)nc(Nc2ccc(NC(=O)c3cccc4c3C(=O)c3ccccc3C4=O)cc2)n1. The van der Waals surface area contributed by atoms with Gasteiger partial charge in [-0.25, -0.2) is 0 Å². The van der Waals surface area contributed by atoms with Gasteiger partial charge in [-0.15, -0.1) is 0 Å². The molecule has 5 rings (SSSR count). The van der Waals surface area contributed by atoms with Crippen molar-refractivity contribution in [2.24, 2.45) is 0 Å². The van der Waals surface area contributed by atoms with Crippen LogP contribution in [-0.4, -0.2) is 94.6 Å². The van der Waals surface area contributed by atoms with Gasteiger partial charge in [0.2, 0.25) is 17.8 Å². The molecule has 52 heavy (non-hydrogen) atoms. The summed E-state index contributed by atoms with van der Waals surface area (Å²) in [6.07, 6.45) is 1.92. The Labute approximate surface area is 307 Å². The zero-order valence-corrected chi connectivity index (χ0v) is 31.4. The number of hydrogen-bond acceptors (Lipinski definition) is 11. The van der Waals surface area contributed by atoms with Crippen molar-refractivity contribution in [3.8, 4) is 0 Å². The molecule has 0 fully saturated rings. The van der Waals surface area contributed by atoms with Gasteiger partial charge in [-0.2, -0.15) is 15.0 Å². The first-order valence-electron chi connectivity index (χ1n) is 18.5. The highest BCUT2D eigenvalue weighted by atomic mass is 16.2. The molecule has 1 amide bonds. The van der Waals surface area contributed by atoms with Gasteiger partial charge in [0.1, 0.15) is 0 Å². The first kappa shape index (κ1) is 39.6. The molecule has 0 unspecified atom stereocenters. The third kappa shape index (κ3) is 10.2. The summed E-state index contributed by atoms with van der Waals surface area (Å²) in [6.45, 7) is 20.2. The van der Waals surface area contributed by atoms with Gasteiger partial charge in [-0.05, 0) is 82.4 Å². The maximum Gasteiger partial charge on any atom is 0.256 e. The maximum absolute atomic E-state index is 13.4. The number of carbonyl (C=O) groups excluding carboxylic acids is 3. The molecule has 0 spiro atoms. The molecule has 0 aliphatic heterocycles. The van der Waals surface area contributed by atoms with Crippen molar-refractivity contribution in [3.63, 3.8) is 0 Å². The van der Waals surface area contributed by atoms with Gasteiger partial charge in [-0.3, -0.25) is 14.4 Å². The Kier molecular flexibility index (Phi) is 15.2. The van der Waals surface area contributed by atoms with Crippen molar-refractivity contribution in [3.05, 3.63) is 94.5 Å². The quantitative estimate of drug-likeness (QED) is 0.0702. The highest BCUT2D eigenvalue weighted by Crippen LogP contribution is 2.30. The number of ketones is 2. The number of nitrogens with zero attached hydrogens (tertiary/aromatic N) is 5. The van der Waals surface area contributed by atoms with E-state index >= 15 is 0 Å². The predicted molar refractivity (Wildman–Crippen MR) is 210 cm³/mol. The Morgan fingerprint density at radius 2 is 1.08 bits per heavy atom. The van der Waals surface area contributed by atoms with Crippen LogP contribution in [0.5, 0.6) is 0 Å². The van der Waals surface area contributed by atoms with Crippen LogP contribution in [-0.2, 0) is 0 Å². The van der Waals surface area contributed by atoms with Crippen molar-refractivity contribution in [2.75, 3.05) is 73.6 Å². The lowest BCUT2D eigenvalue weighted by Crippen LogP contribution is -2.26. The van der Waals surface area contributed by atoms with Crippen molar-refractivity contribution < 1.29 is 14.4 Å². The molecule has 12 nitrogen and oxygen atoms in total. The number of rotatable bonds is 18. The number of benzene rings is 3. The first-order chi connectivity index (χ1) is 25.3. The summed E-state index contributed by atoms with van der Waals surface area (Å²) >= 11 is 0. The monoisotopic (exact) mass is 707 g/mol. The van der Waals surface area contributed by atoms with Crippen molar-refractivity contribution in [1.82, 2.24) is 24.8 Å². The summed E-state index contributed by atoms with van der Waals surface area (Å²) < 4.78 is 0. The highest BCUT2D eigenvalue weighted by molar-refractivity contribution is 6.31. The first-order valence-corrected chi connectivity index (χ1v) is 18.5. The lowest BCUT2D eigenvalue weighted by molar-refractivity contribution is 0.0969. The molecule has 276 valence electrons. The van der Waals surface area contributed by atoms with Crippen LogP contribution in [0.4, 0.5) is 29.2 Å². The molecule has 0 radical (unpaired) electrons. The molecular weight excluding hydrogens is 654 g/mol. The fourth-order valence-corrected chi connectivity index (χ4v) is 5.97. The third-order valence-corrected chi connectivity index (χ3v) is 8.89. The lowest BCUT2D eigenvalue weighted by atomic mass is 9.81. The van der Waals surface area contributed by atoms with Crippen LogP contribution < -0.4 is 21.3 Å². The van der Waals surface area contributed by atoms with E-state index in [0.29, 0.717) is 40.3 Å². The van der Waals surface area contributed by atoms with Crippen LogP contribution in [0.3, 0.4) is 0 Å². The second-order valence-corrected chi connectivity index (χ2v) is 12.0. The summed E-state index contributed by atoms with van der Waals surface area (Å²) in [5.41, 5.74) is 2.39. The zero-order chi connectivity index (χ0) is 37.5. The Morgan fingerprint density at radius 3 is 1.62 bits per heavy atom. The number of aromatic nitrogens is 3. The van der Waals surface area contributed by atoms with Crippen molar-refractivity contribution >= 4 is 46.7 Å². The maximum atomic E-state index is 13.4. The Bertz CT molecular complexity index is 1750. The van der Waals surface area contributed by atoms with E-state index in [-0.39, 0.29) is 28.3 Å². The van der Waals surface area contributed by atoms with Crippen molar-refractivity contribution in [1.29, 1.82) is 0 Å².